The van der Waals surface area contributed by atoms with Crippen LogP contribution in [0.1, 0.15) is 32.6 Å². The van der Waals surface area contributed by atoms with E-state index in [-0.39, 0.29) is 11.9 Å². The van der Waals surface area contributed by atoms with Crippen LogP contribution in [0.15, 0.2) is 0 Å². The molecule has 0 aromatic heterocycles. The lowest BCUT2D eigenvalue weighted by Crippen LogP contribution is -2.44. The highest BCUT2D eigenvalue weighted by Gasteiger charge is 2.14. The molecule has 0 aromatic carbocycles. The molecule has 0 atom stereocenters. The fourth-order valence-electron chi connectivity index (χ4n) is 3.40. The van der Waals surface area contributed by atoms with Crippen LogP contribution in [0, 0.1) is 5.92 Å². The van der Waals surface area contributed by atoms with Crippen molar-refractivity contribution in [2.24, 2.45) is 5.92 Å². The largest absolute Gasteiger partial charge is 0.466 e. The van der Waals surface area contributed by atoms with Crippen molar-refractivity contribution in [2.45, 2.75) is 32.6 Å². The van der Waals surface area contributed by atoms with E-state index in [1.54, 1.807) is 0 Å². The van der Waals surface area contributed by atoms with Crippen LogP contribution in [0.25, 0.3) is 0 Å². The molecule has 0 aromatic rings. The van der Waals surface area contributed by atoms with E-state index >= 15 is 0 Å². The lowest BCUT2D eigenvalue weighted by Gasteiger charge is -2.26. The maximum absolute atomic E-state index is 11.8. The monoisotopic (exact) mass is 398 g/mol. The number of nitrogens with one attached hydrogen (secondary N) is 2. The van der Waals surface area contributed by atoms with E-state index in [9.17, 15) is 9.59 Å². The molecule has 0 spiro atoms. The second-order valence-corrected chi connectivity index (χ2v) is 7.81. The quantitative estimate of drug-likeness (QED) is 0.447. The van der Waals surface area contributed by atoms with Crippen LogP contribution in [0.2, 0.25) is 0 Å². The summed E-state index contributed by atoms with van der Waals surface area (Å²) < 4.78 is 10.7. The molecule has 2 rings (SSSR count). The number of esters is 2. The van der Waals surface area contributed by atoms with Gasteiger partial charge in [0, 0.05) is 65.4 Å². The molecular weight excluding hydrogens is 360 g/mol. The summed E-state index contributed by atoms with van der Waals surface area (Å²) >= 11 is 0. The summed E-state index contributed by atoms with van der Waals surface area (Å²) in [6, 6.07) is 0. The van der Waals surface area contributed by atoms with E-state index in [2.05, 4.69) is 27.4 Å². The molecule has 162 valence electrons. The predicted octanol–water partition coefficient (Wildman–Crippen LogP) is 0.0797. The standard InChI is InChI=1S/C20H38N4O4/c1-18(4-16-27-19(25)2-10-23-12-6-21-7-13-23)5-17-28-20(26)3-11-24-14-8-22-9-15-24/h18,21-22H,2-17H2,1H3. The van der Waals surface area contributed by atoms with Crippen molar-refractivity contribution in [3.63, 3.8) is 0 Å². The van der Waals surface area contributed by atoms with Crippen molar-refractivity contribution >= 4 is 11.9 Å². The van der Waals surface area contributed by atoms with E-state index < -0.39 is 0 Å². The molecule has 2 fully saturated rings. The summed E-state index contributed by atoms with van der Waals surface area (Å²) in [6.07, 6.45) is 2.52. The van der Waals surface area contributed by atoms with E-state index in [1.165, 1.54) is 0 Å². The number of rotatable bonds is 12. The van der Waals surface area contributed by atoms with Crippen LogP contribution in [-0.4, -0.2) is 100 Å². The number of nitrogens with zero attached hydrogens (tertiary/aromatic N) is 2. The number of hydrogen-bond donors (Lipinski definition) is 2. The first-order valence-corrected chi connectivity index (χ1v) is 10.8. The number of carbonyl (C=O) groups is 2. The summed E-state index contributed by atoms with van der Waals surface area (Å²) in [5, 5.41) is 6.60. The molecule has 0 saturated carbocycles. The number of ether oxygens (including phenoxy) is 2. The number of piperazine rings is 2. The van der Waals surface area contributed by atoms with Crippen LogP contribution in [0.3, 0.4) is 0 Å². The highest BCUT2D eigenvalue weighted by atomic mass is 16.5. The predicted molar refractivity (Wildman–Crippen MR) is 108 cm³/mol. The minimum atomic E-state index is -0.120. The van der Waals surface area contributed by atoms with Gasteiger partial charge in [-0.05, 0) is 18.8 Å². The fourth-order valence-corrected chi connectivity index (χ4v) is 3.40. The molecule has 0 amide bonds. The molecule has 2 saturated heterocycles. The second-order valence-electron chi connectivity index (χ2n) is 7.81. The molecular formula is C20H38N4O4. The summed E-state index contributed by atoms with van der Waals surface area (Å²) in [5.74, 6) is 0.122. The Labute approximate surface area is 169 Å². The maximum atomic E-state index is 11.8. The average molecular weight is 399 g/mol. The maximum Gasteiger partial charge on any atom is 0.307 e. The first kappa shape index (κ1) is 23.1. The molecule has 2 aliphatic rings. The third kappa shape index (κ3) is 10.4. The van der Waals surface area contributed by atoms with Gasteiger partial charge in [-0.2, -0.15) is 0 Å². The smallest absolute Gasteiger partial charge is 0.307 e. The lowest BCUT2D eigenvalue weighted by atomic mass is 10.1. The van der Waals surface area contributed by atoms with Crippen molar-refractivity contribution in [3.05, 3.63) is 0 Å². The van der Waals surface area contributed by atoms with E-state index in [1.807, 2.05) is 0 Å². The number of hydrogen-bond acceptors (Lipinski definition) is 8. The summed E-state index contributed by atoms with van der Waals surface area (Å²) in [6.45, 7) is 12.5. The molecule has 2 N–H and O–H groups in total. The second kappa shape index (κ2) is 13.9. The van der Waals surface area contributed by atoms with E-state index in [0.29, 0.717) is 32.0 Å². The molecule has 2 heterocycles. The van der Waals surface area contributed by atoms with Crippen molar-refractivity contribution in [3.8, 4) is 0 Å². The van der Waals surface area contributed by atoms with Crippen LogP contribution >= 0.6 is 0 Å². The van der Waals surface area contributed by atoms with Gasteiger partial charge in [0.15, 0.2) is 0 Å². The molecule has 0 unspecified atom stereocenters. The van der Waals surface area contributed by atoms with Crippen LogP contribution < -0.4 is 10.6 Å². The Hall–Kier alpha value is -1.22. The molecule has 8 nitrogen and oxygen atoms in total. The van der Waals surface area contributed by atoms with Gasteiger partial charge >= 0.3 is 11.9 Å². The Morgan fingerprint density at radius 1 is 0.786 bits per heavy atom. The van der Waals surface area contributed by atoms with Crippen molar-refractivity contribution in [1.82, 2.24) is 20.4 Å². The topological polar surface area (TPSA) is 83.1 Å². The van der Waals surface area contributed by atoms with Gasteiger partial charge < -0.3 is 29.9 Å². The molecule has 2 aliphatic heterocycles. The molecule has 0 aliphatic carbocycles. The Kier molecular flexibility index (Phi) is 11.4. The van der Waals surface area contributed by atoms with Crippen molar-refractivity contribution in [1.29, 1.82) is 0 Å². The molecule has 8 heteroatoms. The summed E-state index contributed by atoms with van der Waals surface area (Å²) in [5.41, 5.74) is 0. The molecule has 28 heavy (non-hydrogen) atoms. The first-order valence-electron chi connectivity index (χ1n) is 10.8. The van der Waals surface area contributed by atoms with Crippen LogP contribution in [-0.2, 0) is 19.1 Å². The Bertz CT molecular complexity index is 411. The first-order chi connectivity index (χ1) is 13.6. The lowest BCUT2D eigenvalue weighted by molar-refractivity contribution is -0.144. The fraction of sp³-hybridized carbons (Fsp3) is 0.900. The minimum Gasteiger partial charge on any atom is -0.466 e. The van der Waals surface area contributed by atoms with Gasteiger partial charge in [-0.25, -0.2) is 0 Å². The highest BCUT2D eigenvalue weighted by molar-refractivity contribution is 5.69. The van der Waals surface area contributed by atoms with Gasteiger partial charge in [-0.1, -0.05) is 6.92 Å². The zero-order chi connectivity index (χ0) is 20.0. The van der Waals surface area contributed by atoms with Gasteiger partial charge in [0.05, 0.1) is 26.1 Å². The Morgan fingerprint density at radius 2 is 1.18 bits per heavy atom. The number of carbonyl (C=O) groups excluding carboxylic acids is 2. The van der Waals surface area contributed by atoms with E-state index in [4.69, 9.17) is 9.47 Å². The van der Waals surface area contributed by atoms with Crippen molar-refractivity contribution in [2.75, 3.05) is 78.7 Å². The summed E-state index contributed by atoms with van der Waals surface area (Å²) in [7, 11) is 0. The normalized spacial score (nSPS) is 18.9. The van der Waals surface area contributed by atoms with Gasteiger partial charge in [0.2, 0.25) is 0 Å². The molecule has 0 radical (unpaired) electrons. The Balaban J connectivity index is 1.41. The van der Waals surface area contributed by atoms with Crippen LogP contribution in [0.5, 0.6) is 0 Å². The van der Waals surface area contributed by atoms with Gasteiger partial charge in [0.1, 0.15) is 0 Å². The van der Waals surface area contributed by atoms with Gasteiger partial charge in [0.25, 0.3) is 0 Å². The zero-order valence-corrected chi connectivity index (χ0v) is 17.4. The van der Waals surface area contributed by atoms with E-state index in [0.717, 1.165) is 78.3 Å². The molecule has 0 bridgehead atoms. The average Bonchev–Trinajstić information content (AvgIpc) is 2.72. The third-order valence-electron chi connectivity index (χ3n) is 5.43. The Morgan fingerprint density at radius 3 is 1.57 bits per heavy atom. The highest BCUT2D eigenvalue weighted by Crippen LogP contribution is 2.09. The van der Waals surface area contributed by atoms with Crippen LogP contribution in [0.4, 0.5) is 0 Å². The SMILES string of the molecule is CC(CCOC(=O)CCN1CCNCC1)CCOC(=O)CCN1CCNCC1. The zero-order valence-electron chi connectivity index (χ0n) is 17.4. The third-order valence-corrected chi connectivity index (χ3v) is 5.43. The van der Waals surface area contributed by atoms with Gasteiger partial charge in [-0.3, -0.25) is 9.59 Å². The van der Waals surface area contributed by atoms with Crippen molar-refractivity contribution < 1.29 is 19.1 Å². The minimum absolute atomic E-state index is 0.120. The summed E-state index contributed by atoms with van der Waals surface area (Å²) in [4.78, 5) is 28.2. The van der Waals surface area contributed by atoms with Gasteiger partial charge in [-0.15, -0.1) is 0 Å².